The first-order valence-electron chi connectivity index (χ1n) is 8.49. The third-order valence-corrected chi connectivity index (χ3v) is 4.04. The molecule has 0 unspecified atom stereocenters. The fourth-order valence-corrected chi connectivity index (χ4v) is 2.85. The van der Waals surface area contributed by atoms with Crippen LogP contribution in [0, 0.1) is 12.8 Å². The molecule has 25 heavy (non-hydrogen) atoms. The van der Waals surface area contributed by atoms with E-state index in [-0.39, 0.29) is 17.9 Å². The monoisotopic (exact) mass is 345 g/mol. The number of carbonyl (C=O) groups is 1. The highest BCUT2D eigenvalue weighted by Gasteiger charge is 2.28. The van der Waals surface area contributed by atoms with Crippen LogP contribution >= 0.6 is 0 Å². The first-order valence-corrected chi connectivity index (χ1v) is 8.49. The fraction of sp³-hybridized carbons (Fsp3) is 0.529. The number of nitrogens with one attached hydrogen (secondary N) is 1. The standard InChI is InChI=1S/C17H23N5O3/c1-11(2)24-17-15(18-6-7-19-17)22-8-4-13(5-9-22)16(23)20-14-10-12(3)25-21-14/h6-7,10-11,13H,4-5,8-9H2,1-3H3,(H,20,21,23). The number of hydrogen-bond donors (Lipinski definition) is 1. The largest absolute Gasteiger partial charge is 0.472 e. The SMILES string of the molecule is Cc1cc(NC(=O)C2CCN(c3nccnc3OC(C)C)CC2)no1. The van der Waals surface area contributed by atoms with E-state index in [0.717, 1.165) is 31.7 Å². The van der Waals surface area contributed by atoms with Gasteiger partial charge >= 0.3 is 0 Å². The molecule has 0 bridgehead atoms. The van der Waals surface area contributed by atoms with Crippen LogP contribution in [0.25, 0.3) is 0 Å². The van der Waals surface area contributed by atoms with Crippen LogP contribution in [0.15, 0.2) is 23.0 Å². The molecule has 134 valence electrons. The van der Waals surface area contributed by atoms with Crippen LogP contribution in [-0.4, -0.2) is 40.2 Å². The first-order chi connectivity index (χ1) is 12.0. The van der Waals surface area contributed by atoms with Crippen LogP contribution in [0.3, 0.4) is 0 Å². The molecule has 0 radical (unpaired) electrons. The van der Waals surface area contributed by atoms with Gasteiger partial charge in [0.15, 0.2) is 11.6 Å². The zero-order chi connectivity index (χ0) is 17.8. The molecule has 1 aliphatic rings. The highest BCUT2D eigenvalue weighted by Crippen LogP contribution is 2.28. The highest BCUT2D eigenvalue weighted by atomic mass is 16.5. The van der Waals surface area contributed by atoms with E-state index in [2.05, 4.69) is 25.3 Å². The Morgan fingerprint density at radius 1 is 1.32 bits per heavy atom. The van der Waals surface area contributed by atoms with E-state index < -0.39 is 0 Å². The van der Waals surface area contributed by atoms with Gasteiger partial charge in [-0.05, 0) is 33.6 Å². The summed E-state index contributed by atoms with van der Waals surface area (Å²) < 4.78 is 10.7. The number of aromatic nitrogens is 3. The van der Waals surface area contributed by atoms with Gasteiger partial charge in [-0.15, -0.1) is 0 Å². The quantitative estimate of drug-likeness (QED) is 0.889. The van der Waals surface area contributed by atoms with Crippen molar-refractivity contribution in [2.75, 3.05) is 23.3 Å². The summed E-state index contributed by atoms with van der Waals surface area (Å²) in [6.45, 7) is 7.16. The number of nitrogens with zero attached hydrogens (tertiary/aromatic N) is 4. The first kappa shape index (κ1) is 17.2. The van der Waals surface area contributed by atoms with Gasteiger partial charge in [0, 0.05) is 37.5 Å². The summed E-state index contributed by atoms with van der Waals surface area (Å²) in [5.74, 6) is 2.34. The molecule has 1 amide bonds. The van der Waals surface area contributed by atoms with Gasteiger partial charge in [0.1, 0.15) is 5.76 Å². The Labute approximate surface area is 146 Å². The van der Waals surface area contributed by atoms with Crippen molar-refractivity contribution >= 4 is 17.5 Å². The molecule has 3 rings (SSSR count). The van der Waals surface area contributed by atoms with Crippen LogP contribution < -0.4 is 15.0 Å². The van der Waals surface area contributed by atoms with E-state index in [1.54, 1.807) is 25.4 Å². The van der Waals surface area contributed by atoms with Crippen molar-refractivity contribution in [2.24, 2.45) is 5.92 Å². The lowest BCUT2D eigenvalue weighted by atomic mass is 9.96. The zero-order valence-corrected chi connectivity index (χ0v) is 14.7. The molecule has 0 atom stereocenters. The van der Waals surface area contributed by atoms with Crippen LogP contribution in [0.4, 0.5) is 11.6 Å². The number of piperidine rings is 1. The van der Waals surface area contributed by atoms with E-state index >= 15 is 0 Å². The van der Waals surface area contributed by atoms with Crippen molar-refractivity contribution in [1.82, 2.24) is 15.1 Å². The number of ether oxygens (including phenoxy) is 1. The van der Waals surface area contributed by atoms with Crippen molar-refractivity contribution in [3.05, 3.63) is 24.2 Å². The van der Waals surface area contributed by atoms with Gasteiger partial charge in [0.25, 0.3) is 5.88 Å². The lowest BCUT2D eigenvalue weighted by Gasteiger charge is -2.32. The smallest absolute Gasteiger partial charge is 0.257 e. The summed E-state index contributed by atoms with van der Waals surface area (Å²) in [6, 6.07) is 1.71. The van der Waals surface area contributed by atoms with Gasteiger partial charge in [-0.25, -0.2) is 9.97 Å². The molecule has 8 heteroatoms. The van der Waals surface area contributed by atoms with E-state index in [0.29, 0.717) is 17.5 Å². The summed E-state index contributed by atoms with van der Waals surface area (Å²) in [6.07, 6.45) is 4.79. The summed E-state index contributed by atoms with van der Waals surface area (Å²) in [4.78, 5) is 23.2. The average Bonchev–Trinajstić information content (AvgIpc) is 3.00. The van der Waals surface area contributed by atoms with Crippen LogP contribution in [0.5, 0.6) is 5.88 Å². The van der Waals surface area contributed by atoms with Crippen LogP contribution in [-0.2, 0) is 4.79 Å². The Hall–Kier alpha value is -2.64. The molecular weight excluding hydrogens is 322 g/mol. The lowest BCUT2D eigenvalue weighted by molar-refractivity contribution is -0.120. The maximum Gasteiger partial charge on any atom is 0.257 e. The van der Waals surface area contributed by atoms with Gasteiger partial charge < -0.3 is 19.5 Å². The highest BCUT2D eigenvalue weighted by molar-refractivity contribution is 5.91. The van der Waals surface area contributed by atoms with Crippen molar-refractivity contribution in [3.63, 3.8) is 0 Å². The fourth-order valence-electron chi connectivity index (χ4n) is 2.85. The normalized spacial score (nSPS) is 15.4. The summed E-state index contributed by atoms with van der Waals surface area (Å²) in [7, 11) is 0. The molecule has 1 fully saturated rings. The number of anilines is 2. The molecule has 8 nitrogen and oxygen atoms in total. The molecule has 1 saturated heterocycles. The minimum atomic E-state index is -0.0561. The summed E-state index contributed by atoms with van der Waals surface area (Å²) >= 11 is 0. The van der Waals surface area contributed by atoms with Gasteiger partial charge in [0.2, 0.25) is 5.91 Å². The molecular formula is C17H23N5O3. The maximum atomic E-state index is 12.4. The second-order valence-corrected chi connectivity index (χ2v) is 6.43. The van der Waals surface area contributed by atoms with Gasteiger partial charge in [-0.1, -0.05) is 5.16 Å². The number of carbonyl (C=O) groups excluding carboxylic acids is 1. The zero-order valence-electron chi connectivity index (χ0n) is 14.7. The Morgan fingerprint density at radius 2 is 2.04 bits per heavy atom. The topological polar surface area (TPSA) is 93.4 Å². The molecule has 0 spiro atoms. The molecule has 0 aromatic carbocycles. The Balaban J connectivity index is 1.59. The second-order valence-electron chi connectivity index (χ2n) is 6.43. The number of rotatable bonds is 5. The van der Waals surface area contributed by atoms with Gasteiger partial charge in [-0.3, -0.25) is 4.79 Å². The van der Waals surface area contributed by atoms with E-state index in [1.807, 2.05) is 13.8 Å². The third kappa shape index (κ3) is 4.26. The average molecular weight is 345 g/mol. The van der Waals surface area contributed by atoms with Crippen LogP contribution in [0.2, 0.25) is 0 Å². The van der Waals surface area contributed by atoms with Crippen molar-refractivity contribution in [1.29, 1.82) is 0 Å². The summed E-state index contributed by atoms with van der Waals surface area (Å²) in [5.41, 5.74) is 0. The minimum Gasteiger partial charge on any atom is -0.472 e. The second kappa shape index (κ2) is 7.50. The van der Waals surface area contributed by atoms with E-state index in [4.69, 9.17) is 9.26 Å². The molecule has 1 N–H and O–H groups in total. The minimum absolute atomic E-state index is 0.0225. The predicted octanol–water partition coefficient (Wildman–Crippen LogP) is 2.42. The summed E-state index contributed by atoms with van der Waals surface area (Å²) in [5, 5.41) is 6.61. The molecule has 0 saturated carbocycles. The van der Waals surface area contributed by atoms with Gasteiger partial charge in [0.05, 0.1) is 6.10 Å². The van der Waals surface area contributed by atoms with E-state index in [1.165, 1.54) is 0 Å². The lowest BCUT2D eigenvalue weighted by Crippen LogP contribution is -2.39. The molecule has 3 heterocycles. The molecule has 2 aromatic heterocycles. The van der Waals surface area contributed by atoms with Crippen molar-refractivity contribution < 1.29 is 14.1 Å². The van der Waals surface area contributed by atoms with Crippen molar-refractivity contribution in [2.45, 2.75) is 39.7 Å². The Bertz CT molecular complexity index is 723. The third-order valence-electron chi connectivity index (χ3n) is 4.04. The number of hydrogen-bond acceptors (Lipinski definition) is 7. The van der Waals surface area contributed by atoms with Crippen molar-refractivity contribution in [3.8, 4) is 5.88 Å². The number of aryl methyl sites for hydroxylation is 1. The van der Waals surface area contributed by atoms with Crippen LogP contribution in [0.1, 0.15) is 32.4 Å². The van der Waals surface area contributed by atoms with E-state index in [9.17, 15) is 4.79 Å². The Kier molecular flexibility index (Phi) is 5.16. The van der Waals surface area contributed by atoms with Gasteiger partial charge in [-0.2, -0.15) is 0 Å². The molecule has 1 aliphatic heterocycles. The Morgan fingerprint density at radius 3 is 2.68 bits per heavy atom. The molecule has 0 aliphatic carbocycles. The maximum absolute atomic E-state index is 12.4. The molecule has 2 aromatic rings. The number of amides is 1. The predicted molar refractivity (Wildman–Crippen MR) is 92.6 cm³/mol.